The summed E-state index contributed by atoms with van der Waals surface area (Å²) in [5, 5.41) is 5.02. The van der Waals surface area contributed by atoms with Gasteiger partial charge < -0.3 is 29.8 Å². The van der Waals surface area contributed by atoms with Crippen molar-refractivity contribution < 1.29 is 32.2 Å². The Morgan fingerprint density at radius 2 is 2.08 bits per heavy atom. The molecule has 39 heavy (non-hydrogen) atoms. The van der Waals surface area contributed by atoms with Gasteiger partial charge in [-0.15, -0.1) is 0 Å². The van der Waals surface area contributed by atoms with Crippen LogP contribution >= 0.6 is 11.6 Å². The normalized spacial score (nSPS) is 15.3. The Balaban J connectivity index is 1.60. The van der Waals surface area contributed by atoms with Crippen LogP contribution in [0.15, 0.2) is 41.3 Å². The van der Waals surface area contributed by atoms with E-state index in [2.05, 4.69) is 35.3 Å². The number of amides is 1. The number of allylic oxidation sites excluding steroid dienone is 1. The van der Waals surface area contributed by atoms with E-state index in [0.717, 1.165) is 6.08 Å². The molecule has 0 radical (unpaired) electrons. The molecule has 4 rings (SSSR count). The van der Waals surface area contributed by atoms with Gasteiger partial charge in [-0.05, 0) is 18.9 Å². The number of anilines is 1. The zero-order valence-corrected chi connectivity index (χ0v) is 21.5. The number of hydrogen-bond donors (Lipinski definition) is 3. The quantitative estimate of drug-likeness (QED) is 0.281. The van der Waals surface area contributed by atoms with Gasteiger partial charge in [-0.2, -0.15) is 23.1 Å². The molecule has 1 aliphatic heterocycles. The maximum atomic E-state index is 13.6. The second-order valence-electron chi connectivity index (χ2n) is 8.30. The van der Waals surface area contributed by atoms with Crippen molar-refractivity contribution in [1.82, 2.24) is 24.8 Å². The van der Waals surface area contributed by atoms with Crippen LogP contribution in [0.3, 0.4) is 0 Å². The van der Waals surface area contributed by atoms with E-state index in [0.29, 0.717) is 31.6 Å². The number of aromatic nitrogens is 4. The fourth-order valence-corrected chi connectivity index (χ4v) is 3.96. The summed E-state index contributed by atoms with van der Waals surface area (Å²) in [4.78, 5) is 27.9. The number of amidine groups is 1. The minimum Gasteiger partial charge on any atom is -0.454 e. The van der Waals surface area contributed by atoms with Crippen molar-refractivity contribution in [2.24, 2.45) is 17.8 Å². The average Bonchev–Trinajstić information content (AvgIpc) is 3.21. The molecule has 12 nitrogen and oxygen atoms in total. The number of methoxy groups -OCH3 is 1. The Kier molecular flexibility index (Phi) is 8.40. The van der Waals surface area contributed by atoms with Crippen LogP contribution in [-0.2, 0) is 16.5 Å². The number of nitrogens with one attached hydrogen (secondary N) is 2. The van der Waals surface area contributed by atoms with E-state index in [1.165, 1.54) is 36.2 Å². The lowest BCUT2D eigenvalue weighted by Gasteiger charge is -2.26. The summed E-state index contributed by atoms with van der Waals surface area (Å²) in [6, 6.07) is 2.57. The molecule has 3 aromatic heterocycles. The van der Waals surface area contributed by atoms with Gasteiger partial charge in [-0.1, -0.05) is 11.6 Å². The van der Waals surface area contributed by atoms with Crippen molar-refractivity contribution >= 4 is 46.5 Å². The fourth-order valence-electron chi connectivity index (χ4n) is 3.66. The van der Waals surface area contributed by atoms with Crippen LogP contribution in [0.4, 0.5) is 29.7 Å². The number of halogens is 4. The number of nitrogens with zero attached hydrogens (tertiary/aromatic N) is 5. The summed E-state index contributed by atoms with van der Waals surface area (Å²) < 4.78 is 57.9. The SMILES string of the molecule is COC(=O)Nc1cc(Oc2cnc3nc(/N=C(N)\C=C(/NC4CCOCC4)C(F)(F)F)n(C)c3c2Cl)ccn1. The second-order valence-corrected chi connectivity index (χ2v) is 8.68. The lowest BCUT2D eigenvalue weighted by molar-refractivity contribution is -0.0987. The minimum atomic E-state index is -4.67. The maximum Gasteiger partial charge on any atom is 0.431 e. The molecule has 1 fully saturated rings. The Labute approximate surface area is 225 Å². The first-order valence-corrected chi connectivity index (χ1v) is 11.9. The molecule has 0 saturated carbocycles. The van der Waals surface area contributed by atoms with E-state index in [1.54, 1.807) is 7.05 Å². The average molecular weight is 569 g/mol. The topological polar surface area (TPSA) is 151 Å². The molecular formula is C23H24ClF3N8O4. The highest BCUT2D eigenvalue weighted by molar-refractivity contribution is 6.36. The Hall–Kier alpha value is -4.11. The number of hydrogen-bond acceptors (Lipinski definition) is 9. The molecule has 16 heteroatoms. The molecule has 0 spiro atoms. The molecular weight excluding hydrogens is 545 g/mol. The van der Waals surface area contributed by atoms with Crippen LogP contribution in [0.1, 0.15) is 12.8 Å². The minimum absolute atomic E-state index is 0.0219. The van der Waals surface area contributed by atoms with Gasteiger partial charge in [-0.25, -0.2) is 14.8 Å². The summed E-state index contributed by atoms with van der Waals surface area (Å²) in [5.41, 5.74) is 5.33. The van der Waals surface area contributed by atoms with Crippen LogP contribution < -0.4 is 21.1 Å². The molecule has 0 aliphatic carbocycles. The Morgan fingerprint density at radius 1 is 1.33 bits per heavy atom. The zero-order chi connectivity index (χ0) is 28.2. The highest BCUT2D eigenvalue weighted by atomic mass is 35.5. The molecule has 0 unspecified atom stereocenters. The maximum absolute atomic E-state index is 13.6. The summed E-state index contributed by atoms with van der Waals surface area (Å²) >= 11 is 6.55. The van der Waals surface area contributed by atoms with Crippen molar-refractivity contribution in [3.05, 3.63) is 41.3 Å². The number of ether oxygens (including phenoxy) is 3. The lowest BCUT2D eigenvalue weighted by Crippen LogP contribution is -2.39. The number of carbonyl (C=O) groups excluding carboxylic acids is 1. The predicted octanol–water partition coefficient (Wildman–Crippen LogP) is 4.19. The van der Waals surface area contributed by atoms with E-state index >= 15 is 0 Å². The van der Waals surface area contributed by atoms with Crippen LogP contribution in [0.5, 0.6) is 11.5 Å². The third kappa shape index (κ3) is 6.86. The first-order valence-electron chi connectivity index (χ1n) is 11.5. The van der Waals surface area contributed by atoms with E-state index < -0.39 is 29.8 Å². The third-order valence-electron chi connectivity index (χ3n) is 5.56. The second kappa shape index (κ2) is 11.7. The highest BCUT2D eigenvalue weighted by Crippen LogP contribution is 2.36. The van der Waals surface area contributed by atoms with Gasteiger partial charge in [0.1, 0.15) is 33.6 Å². The van der Waals surface area contributed by atoms with Gasteiger partial charge >= 0.3 is 12.3 Å². The molecule has 0 atom stereocenters. The van der Waals surface area contributed by atoms with Gasteiger partial charge in [-0.3, -0.25) is 5.32 Å². The zero-order valence-electron chi connectivity index (χ0n) is 20.8. The van der Waals surface area contributed by atoms with E-state index in [-0.39, 0.29) is 33.9 Å². The Bertz CT molecular complexity index is 1420. The largest absolute Gasteiger partial charge is 0.454 e. The number of fused-ring (bicyclic) bond motifs is 1. The van der Waals surface area contributed by atoms with Gasteiger partial charge in [0.05, 0.1) is 13.3 Å². The van der Waals surface area contributed by atoms with Gasteiger partial charge in [0, 0.05) is 44.6 Å². The molecule has 4 N–H and O–H groups in total. The van der Waals surface area contributed by atoms with Crippen molar-refractivity contribution in [2.45, 2.75) is 25.1 Å². The number of pyridine rings is 2. The van der Waals surface area contributed by atoms with Crippen molar-refractivity contribution in [3.8, 4) is 11.5 Å². The summed E-state index contributed by atoms with van der Waals surface area (Å²) in [6.45, 7) is 0.747. The van der Waals surface area contributed by atoms with E-state index in [9.17, 15) is 18.0 Å². The number of carbonyl (C=O) groups is 1. The molecule has 0 bridgehead atoms. The van der Waals surface area contributed by atoms with Gasteiger partial charge in [0.25, 0.3) is 0 Å². The smallest absolute Gasteiger partial charge is 0.431 e. The summed E-state index contributed by atoms with van der Waals surface area (Å²) in [7, 11) is 2.77. The van der Waals surface area contributed by atoms with Crippen molar-refractivity contribution in [1.29, 1.82) is 0 Å². The molecule has 3 aromatic rings. The van der Waals surface area contributed by atoms with Crippen molar-refractivity contribution in [3.63, 3.8) is 0 Å². The highest BCUT2D eigenvalue weighted by Gasteiger charge is 2.35. The van der Waals surface area contributed by atoms with Crippen LogP contribution in [0, 0.1) is 0 Å². The third-order valence-corrected chi connectivity index (χ3v) is 5.93. The number of imidazole rings is 1. The molecule has 4 heterocycles. The first-order chi connectivity index (χ1) is 18.5. The summed E-state index contributed by atoms with van der Waals surface area (Å²) in [6.07, 6.45) is -1.05. The Morgan fingerprint density at radius 3 is 2.77 bits per heavy atom. The standard InChI is InChI=1S/C23H24ClF3N8O4/c1-35-19-18(24)14(39-13-3-6-29-17(9-13)33-22(36)37-2)11-30-20(19)34-21(35)32-16(28)10-15(23(25,26)27)31-12-4-7-38-8-5-12/h3,6,9-12,31H,4-5,7-8H2,1-2H3,(H,29,33,36)(H2,28,30,32,34)/b15-10-. The number of rotatable bonds is 7. The van der Waals surface area contributed by atoms with Crippen molar-refractivity contribution in [2.75, 3.05) is 25.6 Å². The molecule has 0 aromatic carbocycles. The van der Waals surface area contributed by atoms with E-state index in [1.807, 2.05) is 0 Å². The van der Waals surface area contributed by atoms with E-state index in [4.69, 9.17) is 26.8 Å². The number of aryl methyl sites for hydroxylation is 1. The van der Waals surface area contributed by atoms with Crippen LogP contribution in [-0.4, -0.2) is 64.0 Å². The predicted molar refractivity (Wildman–Crippen MR) is 136 cm³/mol. The lowest BCUT2D eigenvalue weighted by atomic mass is 10.1. The van der Waals surface area contributed by atoms with Gasteiger partial charge in [0.15, 0.2) is 11.4 Å². The number of aliphatic imine (C=N–C) groups is 1. The first kappa shape index (κ1) is 27.9. The number of nitrogens with two attached hydrogens (primary N) is 1. The van der Waals surface area contributed by atoms with Crippen LogP contribution in [0.2, 0.25) is 5.02 Å². The molecule has 208 valence electrons. The molecule has 1 amide bonds. The van der Waals surface area contributed by atoms with Gasteiger partial charge in [0.2, 0.25) is 5.95 Å². The number of alkyl halides is 3. The van der Waals surface area contributed by atoms with Crippen LogP contribution in [0.25, 0.3) is 11.2 Å². The molecule has 1 aliphatic rings. The molecule has 1 saturated heterocycles. The fraction of sp³-hybridized carbons (Fsp3) is 0.348. The summed E-state index contributed by atoms with van der Waals surface area (Å²) in [5.74, 6) is 0.160. The monoisotopic (exact) mass is 568 g/mol.